The number of ether oxygens (including phenoxy) is 3. The second-order valence-electron chi connectivity index (χ2n) is 8.62. The van der Waals surface area contributed by atoms with Crippen molar-refractivity contribution in [3.8, 4) is 11.5 Å². The highest BCUT2D eigenvalue weighted by Gasteiger charge is 2.36. The van der Waals surface area contributed by atoms with E-state index in [0.717, 1.165) is 5.56 Å². The molecule has 0 saturated carbocycles. The van der Waals surface area contributed by atoms with E-state index in [2.05, 4.69) is 10.4 Å². The molecule has 9 nitrogen and oxygen atoms in total. The second-order valence-corrected chi connectivity index (χ2v) is 8.62. The summed E-state index contributed by atoms with van der Waals surface area (Å²) in [7, 11) is 1.53. The minimum absolute atomic E-state index is 0.0958. The molecular weight excluding hydrogens is 455 g/mol. The third-order valence-corrected chi connectivity index (χ3v) is 5.72. The Morgan fingerprint density at radius 3 is 2.74 bits per heavy atom. The summed E-state index contributed by atoms with van der Waals surface area (Å²) in [4.78, 5) is 27.6. The summed E-state index contributed by atoms with van der Waals surface area (Å²) in [5, 5.41) is 8.66. The average molecular weight is 485 g/mol. The Labute approximate surface area is 203 Å². The quantitative estimate of drug-likeness (QED) is 0.621. The minimum Gasteiger partial charge on any atom is -0.454 e. The van der Waals surface area contributed by atoms with Gasteiger partial charge in [0.25, 0.3) is 5.91 Å². The van der Waals surface area contributed by atoms with Gasteiger partial charge in [0, 0.05) is 31.7 Å². The maximum absolute atomic E-state index is 14.6. The molecule has 0 radical (unpaired) electrons. The SMILES string of the molecule is COCCN(CC(=O)N1N=C(c2ccccc2F)CC1c1ccc2c(c1)OCO2)C(=O)NC(C)C. The van der Waals surface area contributed by atoms with Crippen LogP contribution in [-0.2, 0) is 9.53 Å². The first-order valence-electron chi connectivity index (χ1n) is 11.5. The van der Waals surface area contributed by atoms with Gasteiger partial charge in [-0.25, -0.2) is 14.2 Å². The predicted octanol–water partition coefficient (Wildman–Crippen LogP) is 3.30. The van der Waals surface area contributed by atoms with Gasteiger partial charge in [0.15, 0.2) is 11.5 Å². The smallest absolute Gasteiger partial charge is 0.318 e. The van der Waals surface area contributed by atoms with Gasteiger partial charge in [0.05, 0.1) is 18.4 Å². The van der Waals surface area contributed by atoms with Crippen LogP contribution in [-0.4, -0.2) is 67.2 Å². The van der Waals surface area contributed by atoms with Crippen LogP contribution in [0.2, 0.25) is 0 Å². The molecule has 186 valence electrons. The van der Waals surface area contributed by atoms with Crippen molar-refractivity contribution >= 4 is 17.6 Å². The lowest BCUT2D eigenvalue weighted by atomic mass is 9.97. The summed E-state index contributed by atoms with van der Waals surface area (Å²) in [6, 6.07) is 10.8. The lowest BCUT2D eigenvalue weighted by molar-refractivity contribution is -0.133. The molecule has 0 aromatic heterocycles. The third-order valence-electron chi connectivity index (χ3n) is 5.72. The summed E-state index contributed by atoms with van der Waals surface area (Å²) in [5.41, 5.74) is 1.56. The molecule has 2 aromatic rings. The van der Waals surface area contributed by atoms with Crippen LogP contribution in [0.1, 0.15) is 37.4 Å². The number of methoxy groups -OCH3 is 1. The maximum atomic E-state index is 14.6. The van der Waals surface area contributed by atoms with Crippen molar-refractivity contribution in [2.45, 2.75) is 32.4 Å². The van der Waals surface area contributed by atoms with Crippen molar-refractivity contribution < 1.29 is 28.2 Å². The van der Waals surface area contributed by atoms with Crippen molar-refractivity contribution in [2.24, 2.45) is 5.10 Å². The van der Waals surface area contributed by atoms with Crippen LogP contribution in [0, 0.1) is 5.82 Å². The van der Waals surface area contributed by atoms with E-state index < -0.39 is 17.8 Å². The Hall–Kier alpha value is -3.66. The number of nitrogens with one attached hydrogen (secondary N) is 1. The molecule has 2 aliphatic heterocycles. The molecule has 0 aliphatic carbocycles. The number of carbonyl (C=O) groups excluding carboxylic acids is 2. The third kappa shape index (κ3) is 5.54. The van der Waals surface area contributed by atoms with Crippen molar-refractivity contribution in [3.63, 3.8) is 0 Å². The highest BCUT2D eigenvalue weighted by Crippen LogP contribution is 2.39. The molecule has 10 heteroatoms. The molecule has 2 heterocycles. The number of rotatable bonds is 8. The molecule has 2 aliphatic rings. The number of carbonyl (C=O) groups is 2. The number of hydrogen-bond donors (Lipinski definition) is 1. The zero-order valence-corrected chi connectivity index (χ0v) is 20.0. The molecule has 1 N–H and O–H groups in total. The maximum Gasteiger partial charge on any atom is 0.318 e. The molecule has 0 bridgehead atoms. The van der Waals surface area contributed by atoms with Crippen LogP contribution in [0.25, 0.3) is 0 Å². The van der Waals surface area contributed by atoms with Gasteiger partial charge in [-0.2, -0.15) is 5.10 Å². The summed E-state index contributed by atoms with van der Waals surface area (Å²) in [5.74, 6) is 0.389. The van der Waals surface area contributed by atoms with Crippen molar-refractivity contribution in [3.05, 3.63) is 59.4 Å². The molecule has 3 amide bonds. The predicted molar refractivity (Wildman–Crippen MR) is 127 cm³/mol. The normalized spacial score (nSPS) is 16.4. The van der Waals surface area contributed by atoms with Gasteiger partial charge >= 0.3 is 6.03 Å². The van der Waals surface area contributed by atoms with Gasteiger partial charge in [-0.05, 0) is 37.6 Å². The van der Waals surface area contributed by atoms with Crippen LogP contribution in [0.5, 0.6) is 11.5 Å². The van der Waals surface area contributed by atoms with E-state index in [9.17, 15) is 14.0 Å². The number of fused-ring (bicyclic) bond motifs is 1. The minimum atomic E-state index is -0.496. The lowest BCUT2D eigenvalue weighted by Crippen LogP contribution is -2.48. The summed E-state index contributed by atoms with van der Waals surface area (Å²) < 4.78 is 30.6. The molecule has 35 heavy (non-hydrogen) atoms. The highest BCUT2D eigenvalue weighted by molar-refractivity contribution is 6.03. The highest BCUT2D eigenvalue weighted by atomic mass is 19.1. The summed E-state index contributed by atoms with van der Waals surface area (Å²) in [6.45, 7) is 4.10. The van der Waals surface area contributed by atoms with Gasteiger partial charge in [0.2, 0.25) is 6.79 Å². The number of benzene rings is 2. The van der Waals surface area contributed by atoms with Crippen LogP contribution >= 0.6 is 0 Å². The Bertz CT molecular complexity index is 1120. The van der Waals surface area contributed by atoms with E-state index in [4.69, 9.17) is 14.2 Å². The van der Waals surface area contributed by atoms with Gasteiger partial charge in [-0.15, -0.1) is 0 Å². The molecule has 1 atom stereocenters. The fourth-order valence-corrected chi connectivity index (χ4v) is 4.01. The number of nitrogens with zero attached hydrogens (tertiary/aromatic N) is 3. The Morgan fingerprint density at radius 2 is 2.00 bits per heavy atom. The zero-order valence-electron chi connectivity index (χ0n) is 20.0. The Balaban J connectivity index is 1.63. The first kappa shape index (κ1) is 24.5. The topological polar surface area (TPSA) is 92.7 Å². The van der Waals surface area contributed by atoms with E-state index in [1.807, 2.05) is 19.9 Å². The van der Waals surface area contributed by atoms with E-state index in [1.54, 1.807) is 30.3 Å². The van der Waals surface area contributed by atoms with Crippen LogP contribution < -0.4 is 14.8 Å². The average Bonchev–Trinajstić information content (AvgIpc) is 3.48. The van der Waals surface area contributed by atoms with Gasteiger partial charge in [-0.3, -0.25) is 4.79 Å². The number of urea groups is 1. The van der Waals surface area contributed by atoms with Gasteiger partial charge in [-0.1, -0.05) is 24.3 Å². The standard InChI is InChI=1S/C25H29FN4O5/c1-16(2)27-25(32)29(10-11-33-3)14-24(31)30-21(17-8-9-22-23(12-17)35-15-34-22)13-20(28-30)18-6-4-5-7-19(18)26/h4-9,12,16,21H,10-11,13-15H2,1-3H3,(H,27,32). The molecule has 4 rings (SSSR count). The molecule has 1 unspecified atom stereocenters. The second kappa shape index (κ2) is 10.7. The van der Waals surface area contributed by atoms with Crippen molar-refractivity contribution in [1.82, 2.24) is 15.2 Å². The zero-order chi connectivity index (χ0) is 24.9. The summed E-state index contributed by atoms with van der Waals surface area (Å²) in [6.07, 6.45) is 0.308. The molecule has 0 saturated heterocycles. The Morgan fingerprint density at radius 1 is 1.23 bits per heavy atom. The van der Waals surface area contributed by atoms with Crippen LogP contribution in [0.3, 0.4) is 0 Å². The van der Waals surface area contributed by atoms with E-state index in [1.165, 1.54) is 23.1 Å². The first-order valence-corrected chi connectivity index (χ1v) is 11.5. The number of amides is 3. The fourth-order valence-electron chi connectivity index (χ4n) is 4.01. The van der Waals surface area contributed by atoms with Gasteiger partial charge < -0.3 is 24.4 Å². The molecular formula is C25H29FN4O5. The molecule has 2 aromatic carbocycles. The lowest BCUT2D eigenvalue weighted by Gasteiger charge is -2.27. The van der Waals surface area contributed by atoms with Crippen molar-refractivity contribution in [2.75, 3.05) is 33.6 Å². The van der Waals surface area contributed by atoms with Crippen LogP contribution in [0.15, 0.2) is 47.6 Å². The van der Waals surface area contributed by atoms with Crippen molar-refractivity contribution in [1.29, 1.82) is 0 Å². The number of halogens is 1. The fraction of sp³-hybridized carbons (Fsp3) is 0.400. The first-order chi connectivity index (χ1) is 16.9. The largest absolute Gasteiger partial charge is 0.454 e. The Kier molecular flexibility index (Phi) is 7.50. The number of hydrogen-bond acceptors (Lipinski definition) is 6. The van der Waals surface area contributed by atoms with Crippen LogP contribution in [0.4, 0.5) is 9.18 Å². The van der Waals surface area contributed by atoms with Gasteiger partial charge in [0.1, 0.15) is 12.4 Å². The van der Waals surface area contributed by atoms with E-state index in [-0.39, 0.29) is 38.6 Å². The molecule has 0 spiro atoms. The monoisotopic (exact) mass is 484 g/mol. The summed E-state index contributed by atoms with van der Waals surface area (Å²) >= 11 is 0. The van der Waals surface area contributed by atoms with E-state index >= 15 is 0 Å². The molecule has 0 fully saturated rings. The number of hydrazone groups is 1. The van der Waals surface area contributed by atoms with E-state index in [0.29, 0.717) is 29.2 Å².